The summed E-state index contributed by atoms with van der Waals surface area (Å²) in [6, 6.07) is -0.372. The number of thiazole rings is 1. The van der Waals surface area contributed by atoms with E-state index in [0.29, 0.717) is 23.9 Å². The number of rotatable bonds is 7. The van der Waals surface area contributed by atoms with Crippen LogP contribution in [0.5, 0.6) is 0 Å². The van der Waals surface area contributed by atoms with Gasteiger partial charge in [-0.1, -0.05) is 0 Å². The average molecular weight is 285 g/mol. The standard InChI is InChI=1S/C12H19N3O3S/c1-4-15(5-2)11(18)8(3)13-12-14-9(7-19-12)6-10(16)17/h7-8H,4-6H2,1-3H3,(H,13,14)(H,16,17). The molecule has 19 heavy (non-hydrogen) atoms. The second-order valence-electron chi connectivity index (χ2n) is 4.09. The number of hydrogen-bond donors (Lipinski definition) is 2. The topological polar surface area (TPSA) is 82.5 Å². The van der Waals surface area contributed by atoms with Gasteiger partial charge in [0, 0.05) is 18.5 Å². The van der Waals surface area contributed by atoms with Crippen molar-refractivity contribution in [2.45, 2.75) is 33.2 Å². The molecule has 0 aliphatic heterocycles. The monoisotopic (exact) mass is 285 g/mol. The Hall–Kier alpha value is -1.63. The Kier molecular flexibility index (Phi) is 5.75. The second kappa shape index (κ2) is 7.08. The van der Waals surface area contributed by atoms with Crippen LogP contribution < -0.4 is 5.32 Å². The highest BCUT2D eigenvalue weighted by Crippen LogP contribution is 2.17. The van der Waals surface area contributed by atoms with Crippen LogP contribution in [-0.4, -0.2) is 46.0 Å². The summed E-state index contributed by atoms with van der Waals surface area (Å²) in [4.78, 5) is 28.5. The predicted octanol–water partition coefficient (Wildman–Crippen LogP) is 1.44. The van der Waals surface area contributed by atoms with Crippen LogP contribution in [0.3, 0.4) is 0 Å². The second-order valence-corrected chi connectivity index (χ2v) is 4.95. The van der Waals surface area contributed by atoms with Gasteiger partial charge in [0.15, 0.2) is 5.13 Å². The molecule has 1 unspecified atom stereocenters. The number of nitrogens with zero attached hydrogens (tertiary/aromatic N) is 2. The molecule has 0 aliphatic rings. The van der Waals surface area contributed by atoms with Crippen LogP contribution in [0.2, 0.25) is 0 Å². The normalized spacial score (nSPS) is 11.9. The number of anilines is 1. The minimum Gasteiger partial charge on any atom is -0.481 e. The van der Waals surface area contributed by atoms with E-state index in [9.17, 15) is 9.59 Å². The summed E-state index contributed by atoms with van der Waals surface area (Å²) in [6.45, 7) is 6.98. The molecular weight excluding hydrogens is 266 g/mol. The molecule has 6 nitrogen and oxygen atoms in total. The highest BCUT2D eigenvalue weighted by molar-refractivity contribution is 7.13. The van der Waals surface area contributed by atoms with Gasteiger partial charge in [-0.15, -0.1) is 11.3 Å². The number of likely N-dealkylation sites (N-methyl/N-ethyl adjacent to an activating group) is 1. The first-order chi connectivity index (χ1) is 8.97. The van der Waals surface area contributed by atoms with E-state index in [1.165, 1.54) is 11.3 Å². The van der Waals surface area contributed by atoms with Gasteiger partial charge in [0.05, 0.1) is 12.1 Å². The fraction of sp³-hybridized carbons (Fsp3) is 0.583. The first-order valence-electron chi connectivity index (χ1n) is 6.19. The van der Waals surface area contributed by atoms with Crippen LogP contribution in [0.4, 0.5) is 5.13 Å². The van der Waals surface area contributed by atoms with E-state index in [1.54, 1.807) is 17.2 Å². The minimum atomic E-state index is -0.913. The van der Waals surface area contributed by atoms with Crippen LogP contribution in [0.1, 0.15) is 26.5 Å². The van der Waals surface area contributed by atoms with Crippen LogP contribution in [-0.2, 0) is 16.0 Å². The Morgan fingerprint density at radius 2 is 2.11 bits per heavy atom. The fourth-order valence-electron chi connectivity index (χ4n) is 1.67. The molecule has 2 N–H and O–H groups in total. The summed E-state index contributed by atoms with van der Waals surface area (Å²) in [7, 11) is 0. The number of hydrogen-bond acceptors (Lipinski definition) is 5. The van der Waals surface area contributed by atoms with Crippen LogP contribution in [0, 0.1) is 0 Å². The van der Waals surface area contributed by atoms with Gasteiger partial charge >= 0.3 is 5.97 Å². The molecule has 1 rings (SSSR count). The number of aromatic nitrogens is 1. The van der Waals surface area contributed by atoms with Gasteiger partial charge in [-0.05, 0) is 20.8 Å². The summed E-state index contributed by atoms with van der Waals surface area (Å²) in [5.74, 6) is -0.899. The van der Waals surface area contributed by atoms with Crippen molar-refractivity contribution in [2.24, 2.45) is 0 Å². The van der Waals surface area contributed by atoms with Gasteiger partial charge in [-0.2, -0.15) is 0 Å². The van der Waals surface area contributed by atoms with Crippen molar-refractivity contribution in [1.82, 2.24) is 9.88 Å². The van der Waals surface area contributed by atoms with Gasteiger partial charge in [0.1, 0.15) is 6.04 Å². The fourth-order valence-corrected chi connectivity index (χ4v) is 2.46. The highest BCUT2D eigenvalue weighted by atomic mass is 32.1. The van der Waals surface area contributed by atoms with Gasteiger partial charge in [0.2, 0.25) is 5.91 Å². The summed E-state index contributed by atoms with van der Waals surface area (Å²) >= 11 is 1.31. The van der Waals surface area contributed by atoms with Gasteiger partial charge in [-0.3, -0.25) is 9.59 Å². The third-order valence-electron chi connectivity index (χ3n) is 2.67. The molecule has 0 saturated carbocycles. The third kappa shape index (κ3) is 4.51. The van der Waals surface area contributed by atoms with Crippen LogP contribution >= 0.6 is 11.3 Å². The molecule has 0 radical (unpaired) electrons. The minimum absolute atomic E-state index is 0.0139. The van der Waals surface area contributed by atoms with Crippen molar-refractivity contribution in [1.29, 1.82) is 0 Å². The molecule has 7 heteroatoms. The lowest BCUT2D eigenvalue weighted by atomic mass is 10.3. The van der Waals surface area contributed by atoms with Crippen LogP contribution in [0.15, 0.2) is 5.38 Å². The number of aliphatic carboxylic acids is 1. The van der Waals surface area contributed by atoms with Crippen molar-refractivity contribution < 1.29 is 14.7 Å². The van der Waals surface area contributed by atoms with Crippen molar-refractivity contribution >= 4 is 28.3 Å². The number of carboxylic acid groups (broad SMARTS) is 1. The van der Waals surface area contributed by atoms with Gasteiger partial charge < -0.3 is 15.3 Å². The van der Waals surface area contributed by atoms with Crippen molar-refractivity contribution in [3.8, 4) is 0 Å². The first kappa shape index (κ1) is 15.4. The Morgan fingerprint density at radius 3 is 2.63 bits per heavy atom. The van der Waals surface area contributed by atoms with E-state index in [4.69, 9.17) is 5.11 Å². The summed E-state index contributed by atoms with van der Waals surface area (Å²) in [5, 5.41) is 13.9. The number of carbonyl (C=O) groups excluding carboxylic acids is 1. The quantitative estimate of drug-likeness (QED) is 0.792. The molecule has 1 heterocycles. The van der Waals surface area contributed by atoms with Crippen molar-refractivity contribution in [3.63, 3.8) is 0 Å². The Labute approximate surface area is 116 Å². The average Bonchev–Trinajstić information content (AvgIpc) is 2.76. The molecule has 1 aromatic rings. The first-order valence-corrected chi connectivity index (χ1v) is 7.07. The molecule has 0 spiro atoms. The van der Waals surface area contributed by atoms with E-state index in [0.717, 1.165) is 0 Å². The zero-order valence-electron chi connectivity index (χ0n) is 11.3. The largest absolute Gasteiger partial charge is 0.481 e. The maximum Gasteiger partial charge on any atom is 0.309 e. The Bertz CT molecular complexity index is 443. The summed E-state index contributed by atoms with van der Waals surface area (Å²) < 4.78 is 0. The molecule has 0 saturated heterocycles. The smallest absolute Gasteiger partial charge is 0.309 e. The van der Waals surface area contributed by atoms with Crippen molar-refractivity contribution in [3.05, 3.63) is 11.1 Å². The lowest BCUT2D eigenvalue weighted by molar-refractivity contribution is -0.136. The lowest BCUT2D eigenvalue weighted by Gasteiger charge is -2.23. The maximum absolute atomic E-state index is 12.0. The molecular formula is C12H19N3O3S. The van der Waals surface area contributed by atoms with E-state index in [1.807, 2.05) is 13.8 Å². The molecule has 1 amide bonds. The summed E-state index contributed by atoms with van der Waals surface area (Å²) in [5.41, 5.74) is 0.502. The molecule has 106 valence electrons. The molecule has 0 aliphatic carbocycles. The number of carboxylic acids is 1. The highest BCUT2D eigenvalue weighted by Gasteiger charge is 2.19. The third-order valence-corrected chi connectivity index (χ3v) is 3.49. The molecule has 0 bridgehead atoms. The zero-order chi connectivity index (χ0) is 14.4. The van der Waals surface area contributed by atoms with E-state index in [-0.39, 0.29) is 18.4 Å². The Morgan fingerprint density at radius 1 is 1.47 bits per heavy atom. The van der Waals surface area contributed by atoms with Crippen molar-refractivity contribution in [2.75, 3.05) is 18.4 Å². The van der Waals surface area contributed by atoms with Gasteiger partial charge in [-0.25, -0.2) is 4.98 Å². The maximum atomic E-state index is 12.0. The van der Waals surface area contributed by atoms with E-state index >= 15 is 0 Å². The SMILES string of the molecule is CCN(CC)C(=O)C(C)Nc1nc(CC(=O)O)cs1. The zero-order valence-corrected chi connectivity index (χ0v) is 12.2. The molecule has 1 atom stereocenters. The number of amides is 1. The molecule has 1 aromatic heterocycles. The lowest BCUT2D eigenvalue weighted by Crippen LogP contribution is -2.41. The number of nitrogens with one attached hydrogen (secondary N) is 1. The Balaban J connectivity index is 2.61. The summed E-state index contributed by atoms with van der Waals surface area (Å²) in [6.07, 6.45) is -0.101. The van der Waals surface area contributed by atoms with Gasteiger partial charge in [0.25, 0.3) is 0 Å². The molecule has 0 aromatic carbocycles. The van der Waals surface area contributed by atoms with E-state index in [2.05, 4.69) is 10.3 Å². The van der Waals surface area contributed by atoms with E-state index < -0.39 is 5.97 Å². The molecule has 0 fully saturated rings. The van der Waals surface area contributed by atoms with Crippen LogP contribution in [0.25, 0.3) is 0 Å². The number of carbonyl (C=O) groups is 2. The predicted molar refractivity (Wildman–Crippen MR) is 74.5 cm³/mol.